The summed E-state index contributed by atoms with van der Waals surface area (Å²) in [5.41, 5.74) is -0.823. The Morgan fingerprint density at radius 1 is 0.622 bits per heavy atom. The summed E-state index contributed by atoms with van der Waals surface area (Å²) in [6.07, 6.45) is -1.61. The first-order chi connectivity index (χ1) is 17.8. The Labute approximate surface area is 208 Å². The van der Waals surface area contributed by atoms with Crippen LogP contribution in [0.4, 0.5) is 13.2 Å². The molecule has 5 rings (SSSR count). The Bertz CT molecular complexity index is 1680. The third-order valence-electron chi connectivity index (χ3n) is 5.55. The summed E-state index contributed by atoms with van der Waals surface area (Å²) in [6.45, 7) is 1.70. The van der Waals surface area contributed by atoms with Gasteiger partial charge in [-0.2, -0.15) is 33.7 Å². The van der Waals surface area contributed by atoms with E-state index in [2.05, 4.69) is 29.9 Å². The van der Waals surface area contributed by atoms with Crippen molar-refractivity contribution < 1.29 is 13.2 Å². The molecule has 2 aromatic heterocycles. The zero-order chi connectivity index (χ0) is 26.2. The van der Waals surface area contributed by atoms with E-state index in [1.807, 2.05) is 6.07 Å². The molecule has 0 spiro atoms. The molecule has 0 unspecified atom stereocenters. The predicted molar refractivity (Wildman–Crippen MR) is 127 cm³/mol. The summed E-state index contributed by atoms with van der Waals surface area (Å²) in [6, 6.07) is 16.7. The molecule has 2 heterocycles. The van der Waals surface area contributed by atoms with Crippen LogP contribution < -0.4 is 0 Å². The summed E-state index contributed by atoms with van der Waals surface area (Å²) >= 11 is 0. The summed E-state index contributed by atoms with van der Waals surface area (Å²) < 4.78 is 42.5. The number of hydrogen-bond donors (Lipinski definition) is 0. The van der Waals surface area contributed by atoms with Crippen LogP contribution in [0.2, 0.25) is 0 Å². The SMILES string of the molecule is Cc1nc2c(nc1-c1ccccc1)C(=NC#N)c1nc(C(F)(F)F)c(-c3ccccc3)nc1C2=NC#N. The molecule has 8 nitrogen and oxygen atoms in total. The van der Waals surface area contributed by atoms with Gasteiger partial charge in [0.15, 0.2) is 5.69 Å². The lowest BCUT2D eigenvalue weighted by atomic mass is 9.94. The van der Waals surface area contributed by atoms with Crippen LogP contribution in [0.1, 0.15) is 34.2 Å². The van der Waals surface area contributed by atoms with Crippen molar-refractivity contribution in [1.29, 1.82) is 10.5 Å². The van der Waals surface area contributed by atoms with E-state index in [-0.39, 0.29) is 39.8 Å². The fourth-order valence-electron chi connectivity index (χ4n) is 4.02. The van der Waals surface area contributed by atoms with E-state index in [9.17, 15) is 23.7 Å². The number of nitrogens with zero attached hydrogens (tertiary/aromatic N) is 8. The molecular weight excluding hydrogens is 481 g/mol. The molecule has 0 bridgehead atoms. The molecule has 4 aromatic rings. The predicted octanol–water partition coefficient (Wildman–Crippen LogP) is 4.88. The lowest BCUT2D eigenvalue weighted by Gasteiger charge is -2.23. The van der Waals surface area contributed by atoms with Gasteiger partial charge in [-0.3, -0.25) is 0 Å². The average molecular weight is 494 g/mol. The summed E-state index contributed by atoms with van der Waals surface area (Å²) in [7, 11) is 0. The number of hydrogen-bond acceptors (Lipinski definition) is 8. The molecule has 0 aliphatic heterocycles. The van der Waals surface area contributed by atoms with Gasteiger partial charge in [-0.25, -0.2) is 19.9 Å². The fraction of sp³-hybridized carbons (Fsp3) is 0.0769. The molecule has 1 aliphatic carbocycles. The van der Waals surface area contributed by atoms with Crippen LogP contribution in [0.3, 0.4) is 0 Å². The van der Waals surface area contributed by atoms with Gasteiger partial charge in [0.1, 0.15) is 39.9 Å². The minimum Gasteiger partial charge on any atom is -0.247 e. The second-order valence-corrected chi connectivity index (χ2v) is 7.82. The van der Waals surface area contributed by atoms with Gasteiger partial charge in [0.2, 0.25) is 12.4 Å². The van der Waals surface area contributed by atoms with Crippen LogP contribution in [0.25, 0.3) is 22.5 Å². The van der Waals surface area contributed by atoms with Gasteiger partial charge < -0.3 is 0 Å². The number of fused-ring (bicyclic) bond motifs is 2. The van der Waals surface area contributed by atoms with E-state index in [4.69, 9.17) is 0 Å². The Kier molecular flexibility index (Phi) is 5.74. The van der Waals surface area contributed by atoms with Crippen LogP contribution in [0, 0.1) is 29.8 Å². The van der Waals surface area contributed by atoms with Crippen molar-refractivity contribution in [3.63, 3.8) is 0 Å². The van der Waals surface area contributed by atoms with Gasteiger partial charge in [-0.1, -0.05) is 60.7 Å². The monoisotopic (exact) mass is 494 g/mol. The first-order valence-electron chi connectivity index (χ1n) is 10.8. The number of aliphatic imine (C=N–C) groups is 2. The molecule has 0 N–H and O–H groups in total. The molecular formula is C26H13F3N8. The van der Waals surface area contributed by atoms with Crippen molar-refractivity contribution in [2.45, 2.75) is 13.1 Å². The Balaban J connectivity index is 1.87. The molecule has 2 aromatic carbocycles. The van der Waals surface area contributed by atoms with Gasteiger partial charge in [0, 0.05) is 11.1 Å². The normalized spacial score (nSPS) is 14.5. The van der Waals surface area contributed by atoms with Crippen molar-refractivity contribution in [3.8, 4) is 34.9 Å². The smallest absolute Gasteiger partial charge is 0.247 e. The number of alkyl halides is 3. The highest BCUT2D eigenvalue weighted by Gasteiger charge is 2.41. The zero-order valence-electron chi connectivity index (χ0n) is 19.0. The Hall–Kier alpha value is -5.29. The third kappa shape index (κ3) is 4.09. The molecule has 0 radical (unpaired) electrons. The van der Waals surface area contributed by atoms with Crippen molar-refractivity contribution in [2.24, 2.45) is 9.98 Å². The molecule has 0 saturated carbocycles. The van der Waals surface area contributed by atoms with Crippen molar-refractivity contribution >= 4 is 11.4 Å². The van der Waals surface area contributed by atoms with Crippen LogP contribution >= 0.6 is 0 Å². The van der Waals surface area contributed by atoms with E-state index >= 15 is 0 Å². The van der Waals surface area contributed by atoms with Gasteiger partial charge >= 0.3 is 6.18 Å². The first-order valence-corrected chi connectivity index (χ1v) is 10.8. The number of rotatable bonds is 2. The largest absolute Gasteiger partial charge is 0.435 e. The van der Waals surface area contributed by atoms with Crippen molar-refractivity contribution in [2.75, 3.05) is 0 Å². The molecule has 0 saturated heterocycles. The lowest BCUT2D eigenvalue weighted by Crippen LogP contribution is -2.30. The quantitative estimate of drug-likeness (QED) is 0.322. The molecule has 0 amide bonds. The second-order valence-electron chi connectivity index (χ2n) is 7.82. The van der Waals surface area contributed by atoms with E-state index in [0.29, 0.717) is 17.0 Å². The van der Waals surface area contributed by atoms with Crippen LogP contribution in [0.5, 0.6) is 0 Å². The van der Waals surface area contributed by atoms with Gasteiger partial charge in [-0.05, 0) is 6.92 Å². The topological polar surface area (TPSA) is 124 Å². The van der Waals surface area contributed by atoms with Crippen molar-refractivity contribution in [1.82, 2.24) is 19.9 Å². The number of nitriles is 2. The van der Waals surface area contributed by atoms with Crippen LogP contribution in [-0.4, -0.2) is 31.4 Å². The van der Waals surface area contributed by atoms with Gasteiger partial charge in [0.05, 0.1) is 11.4 Å². The first kappa shape index (κ1) is 23.5. The molecule has 178 valence electrons. The maximum atomic E-state index is 14.2. The number of halogens is 3. The summed E-state index contributed by atoms with van der Waals surface area (Å²) in [5.74, 6) is 0. The van der Waals surface area contributed by atoms with Crippen molar-refractivity contribution in [3.05, 3.63) is 94.8 Å². The highest BCUT2D eigenvalue weighted by Crippen LogP contribution is 2.37. The Morgan fingerprint density at radius 2 is 1.05 bits per heavy atom. The Morgan fingerprint density at radius 3 is 1.54 bits per heavy atom. The fourth-order valence-corrected chi connectivity index (χ4v) is 4.02. The highest BCUT2D eigenvalue weighted by atomic mass is 19.4. The van der Waals surface area contributed by atoms with Gasteiger partial charge in [-0.15, -0.1) is 0 Å². The molecule has 1 aliphatic rings. The summed E-state index contributed by atoms with van der Waals surface area (Å²) in [5, 5.41) is 18.8. The standard InChI is InChI=1S/C26H13F3N8/c1-14-17(15-8-4-2-5-9-15)35-22-20(33-13-31)24-23(19(32-12-30)21(22)34-14)36-18(16-10-6-3-7-11-16)25(37-24)26(27,28)29/h2-11H,1H3. The maximum Gasteiger partial charge on any atom is 0.435 e. The van der Waals surface area contributed by atoms with Crippen LogP contribution in [0.15, 0.2) is 70.6 Å². The number of benzene rings is 2. The van der Waals surface area contributed by atoms with E-state index in [1.54, 1.807) is 61.8 Å². The molecule has 0 fully saturated rings. The second kappa shape index (κ2) is 9.06. The molecule has 0 atom stereocenters. The number of aryl methyl sites for hydroxylation is 1. The van der Waals surface area contributed by atoms with E-state index in [1.165, 1.54) is 12.1 Å². The molecule has 11 heteroatoms. The average Bonchev–Trinajstić information content (AvgIpc) is 2.90. The number of aromatic nitrogens is 4. The molecule has 37 heavy (non-hydrogen) atoms. The minimum absolute atomic E-state index is 0.0256. The van der Waals surface area contributed by atoms with Crippen LogP contribution in [-0.2, 0) is 6.18 Å². The minimum atomic E-state index is -4.88. The van der Waals surface area contributed by atoms with E-state index < -0.39 is 17.6 Å². The lowest BCUT2D eigenvalue weighted by molar-refractivity contribution is -0.140. The van der Waals surface area contributed by atoms with Gasteiger partial charge in [0.25, 0.3) is 0 Å². The van der Waals surface area contributed by atoms with E-state index in [0.717, 1.165) is 0 Å². The zero-order valence-corrected chi connectivity index (χ0v) is 19.0. The maximum absolute atomic E-state index is 14.2. The highest BCUT2D eigenvalue weighted by molar-refractivity contribution is 6.29. The summed E-state index contributed by atoms with van der Waals surface area (Å²) in [4.78, 5) is 24.9. The third-order valence-corrected chi connectivity index (χ3v) is 5.55.